The molecular formula is C8H12F3NO4S. The second kappa shape index (κ2) is 7.38. The van der Waals surface area contributed by atoms with Crippen LogP contribution in [0.4, 0.5) is 13.2 Å². The van der Waals surface area contributed by atoms with Crippen LogP contribution >= 0.6 is 11.8 Å². The Kier molecular flexibility index (Phi) is 6.97. The van der Waals surface area contributed by atoms with Gasteiger partial charge < -0.3 is 15.1 Å². The number of amides is 1. The fourth-order valence-electron chi connectivity index (χ4n) is 0.946. The fourth-order valence-corrected chi connectivity index (χ4v) is 1.58. The molecule has 0 atom stereocenters. The van der Waals surface area contributed by atoms with E-state index in [4.69, 9.17) is 10.2 Å². The Hall–Kier alpha value is -0.960. The predicted octanol–water partition coefficient (Wildman–Crippen LogP) is 0.187. The molecule has 0 aliphatic carbocycles. The summed E-state index contributed by atoms with van der Waals surface area (Å²) in [7, 11) is 0. The maximum Gasteiger partial charge on any atom is 0.406 e. The van der Waals surface area contributed by atoms with E-state index in [1.165, 1.54) is 0 Å². The van der Waals surface area contributed by atoms with E-state index < -0.39 is 37.7 Å². The van der Waals surface area contributed by atoms with Crippen molar-refractivity contribution in [1.82, 2.24) is 4.90 Å². The first-order chi connectivity index (χ1) is 7.76. The van der Waals surface area contributed by atoms with Gasteiger partial charge in [0.15, 0.2) is 0 Å². The lowest BCUT2D eigenvalue weighted by Crippen LogP contribution is -2.41. The zero-order valence-electron chi connectivity index (χ0n) is 8.74. The quantitative estimate of drug-likeness (QED) is 0.693. The number of aliphatic carboxylic acids is 1. The van der Waals surface area contributed by atoms with Crippen molar-refractivity contribution in [3.8, 4) is 0 Å². The number of nitrogens with zero attached hydrogens (tertiary/aromatic N) is 1. The molecule has 0 saturated heterocycles. The van der Waals surface area contributed by atoms with Gasteiger partial charge in [-0.3, -0.25) is 9.59 Å². The van der Waals surface area contributed by atoms with Crippen molar-refractivity contribution in [1.29, 1.82) is 0 Å². The molecular weight excluding hydrogens is 263 g/mol. The molecule has 17 heavy (non-hydrogen) atoms. The second-order valence-corrected chi connectivity index (χ2v) is 4.03. The highest BCUT2D eigenvalue weighted by Gasteiger charge is 2.32. The minimum atomic E-state index is -4.54. The summed E-state index contributed by atoms with van der Waals surface area (Å²) in [5.74, 6) is -2.71. The summed E-state index contributed by atoms with van der Waals surface area (Å²) in [6, 6.07) is 0. The largest absolute Gasteiger partial charge is 0.481 e. The SMILES string of the molecule is O=C(O)CSCC(=O)N(CCO)CC(F)(F)F. The summed E-state index contributed by atoms with van der Waals surface area (Å²) >= 11 is 0.710. The Labute approximate surface area is 99.6 Å². The van der Waals surface area contributed by atoms with Crippen LogP contribution in [0.3, 0.4) is 0 Å². The van der Waals surface area contributed by atoms with Crippen molar-refractivity contribution in [3.63, 3.8) is 0 Å². The van der Waals surface area contributed by atoms with Crippen molar-refractivity contribution in [2.75, 3.05) is 31.2 Å². The average molecular weight is 275 g/mol. The van der Waals surface area contributed by atoms with Crippen molar-refractivity contribution in [3.05, 3.63) is 0 Å². The standard InChI is InChI=1S/C8H12F3NO4S/c9-8(10,11)5-12(1-2-13)6(14)3-17-4-7(15)16/h13H,1-5H2,(H,15,16). The van der Waals surface area contributed by atoms with Crippen molar-refractivity contribution in [2.45, 2.75) is 6.18 Å². The number of carbonyl (C=O) groups excluding carboxylic acids is 1. The molecule has 0 aliphatic heterocycles. The van der Waals surface area contributed by atoms with Gasteiger partial charge >= 0.3 is 12.1 Å². The van der Waals surface area contributed by atoms with Gasteiger partial charge in [-0.05, 0) is 0 Å². The molecule has 0 radical (unpaired) electrons. The molecule has 0 aromatic heterocycles. The summed E-state index contributed by atoms with van der Waals surface area (Å²) in [6.45, 7) is -2.45. The monoisotopic (exact) mass is 275 g/mol. The highest BCUT2D eigenvalue weighted by molar-refractivity contribution is 8.00. The number of carboxylic acid groups (broad SMARTS) is 1. The minimum Gasteiger partial charge on any atom is -0.481 e. The second-order valence-electron chi connectivity index (χ2n) is 3.04. The molecule has 0 fully saturated rings. The third-order valence-corrected chi connectivity index (χ3v) is 2.45. The normalized spacial score (nSPS) is 11.3. The van der Waals surface area contributed by atoms with Gasteiger partial charge in [-0.2, -0.15) is 13.2 Å². The molecule has 0 unspecified atom stereocenters. The molecule has 5 nitrogen and oxygen atoms in total. The molecule has 0 aromatic rings. The number of hydrogen-bond acceptors (Lipinski definition) is 4. The Morgan fingerprint density at radius 2 is 1.82 bits per heavy atom. The van der Waals surface area contributed by atoms with Crippen LogP contribution in [0.5, 0.6) is 0 Å². The lowest BCUT2D eigenvalue weighted by Gasteiger charge is -2.22. The average Bonchev–Trinajstić information content (AvgIpc) is 2.14. The molecule has 0 heterocycles. The van der Waals surface area contributed by atoms with Gasteiger partial charge in [-0.1, -0.05) is 0 Å². The van der Waals surface area contributed by atoms with Crippen LogP contribution < -0.4 is 0 Å². The van der Waals surface area contributed by atoms with Crippen LogP contribution in [0.15, 0.2) is 0 Å². The van der Waals surface area contributed by atoms with Gasteiger partial charge in [0, 0.05) is 6.54 Å². The van der Waals surface area contributed by atoms with Gasteiger partial charge in [0.25, 0.3) is 0 Å². The van der Waals surface area contributed by atoms with E-state index in [2.05, 4.69) is 0 Å². The summed E-state index contributed by atoms with van der Waals surface area (Å²) in [6.07, 6.45) is -4.54. The van der Waals surface area contributed by atoms with E-state index in [1.54, 1.807) is 0 Å². The Bertz CT molecular complexity index is 272. The van der Waals surface area contributed by atoms with Crippen LogP contribution in [-0.2, 0) is 9.59 Å². The molecule has 2 N–H and O–H groups in total. The number of halogens is 3. The summed E-state index contributed by atoms with van der Waals surface area (Å²) in [5, 5.41) is 16.8. The van der Waals surface area contributed by atoms with E-state index in [9.17, 15) is 22.8 Å². The summed E-state index contributed by atoms with van der Waals surface area (Å²) in [4.78, 5) is 21.9. The van der Waals surface area contributed by atoms with Crippen LogP contribution in [0.25, 0.3) is 0 Å². The lowest BCUT2D eigenvalue weighted by atomic mass is 10.4. The Morgan fingerprint density at radius 1 is 1.24 bits per heavy atom. The first kappa shape index (κ1) is 16.0. The van der Waals surface area contributed by atoms with Gasteiger partial charge in [0.2, 0.25) is 5.91 Å². The van der Waals surface area contributed by atoms with Crippen LogP contribution in [-0.4, -0.2) is 64.4 Å². The number of rotatable bonds is 7. The van der Waals surface area contributed by atoms with Crippen molar-refractivity contribution < 1.29 is 33.0 Å². The number of carboxylic acids is 1. The van der Waals surface area contributed by atoms with E-state index in [1.807, 2.05) is 0 Å². The van der Waals surface area contributed by atoms with Crippen LogP contribution in [0, 0.1) is 0 Å². The van der Waals surface area contributed by atoms with Crippen LogP contribution in [0.1, 0.15) is 0 Å². The number of aliphatic hydroxyl groups excluding tert-OH is 1. The zero-order valence-corrected chi connectivity index (χ0v) is 9.55. The van der Waals surface area contributed by atoms with E-state index in [0.717, 1.165) is 0 Å². The topological polar surface area (TPSA) is 77.8 Å². The number of aliphatic hydroxyl groups is 1. The highest BCUT2D eigenvalue weighted by Crippen LogP contribution is 2.17. The molecule has 1 amide bonds. The Morgan fingerprint density at radius 3 is 2.24 bits per heavy atom. The van der Waals surface area contributed by atoms with Gasteiger partial charge in [0.05, 0.1) is 18.1 Å². The number of alkyl halides is 3. The summed E-state index contributed by atoms with van der Waals surface area (Å²) < 4.78 is 36.2. The Balaban J connectivity index is 4.19. The molecule has 0 spiro atoms. The molecule has 0 rings (SSSR count). The van der Waals surface area contributed by atoms with Crippen molar-refractivity contribution >= 4 is 23.6 Å². The third kappa shape index (κ3) is 8.81. The molecule has 100 valence electrons. The third-order valence-electron chi connectivity index (χ3n) is 1.54. The van der Waals surface area contributed by atoms with Gasteiger partial charge in [0.1, 0.15) is 6.54 Å². The van der Waals surface area contributed by atoms with E-state index in [0.29, 0.717) is 16.7 Å². The molecule has 0 aliphatic rings. The lowest BCUT2D eigenvalue weighted by molar-refractivity contribution is -0.160. The van der Waals surface area contributed by atoms with E-state index in [-0.39, 0.29) is 11.5 Å². The molecule has 0 bridgehead atoms. The molecule has 9 heteroatoms. The van der Waals surface area contributed by atoms with Gasteiger partial charge in [-0.15, -0.1) is 11.8 Å². The first-order valence-corrected chi connectivity index (χ1v) is 5.66. The number of thioether (sulfide) groups is 1. The van der Waals surface area contributed by atoms with E-state index >= 15 is 0 Å². The minimum absolute atomic E-state index is 0.356. The van der Waals surface area contributed by atoms with Gasteiger partial charge in [-0.25, -0.2) is 0 Å². The summed E-state index contributed by atoms with van der Waals surface area (Å²) in [5.41, 5.74) is 0. The predicted molar refractivity (Wildman–Crippen MR) is 54.7 cm³/mol. The number of carbonyl (C=O) groups is 2. The molecule has 0 aromatic carbocycles. The van der Waals surface area contributed by atoms with Crippen LogP contribution in [0.2, 0.25) is 0 Å². The zero-order chi connectivity index (χ0) is 13.5. The maximum absolute atomic E-state index is 12.1. The smallest absolute Gasteiger partial charge is 0.406 e. The maximum atomic E-state index is 12.1. The fraction of sp³-hybridized carbons (Fsp3) is 0.750. The number of hydrogen-bond donors (Lipinski definition) is 2. The molecule has 0 saturated carbocycles. The first-order valence-electron chi connectivity index (χ1n) is 4.51. The van der Waals surface area contributed by atoms with Crippen molar-refractivity contribution in [2.24, 2.45) is 0 Å². The highest BCUT2D eigenvalue weighted by atomic mass is 32.2.